The second-order valence-electron chi connectivity index (χ2n) is 4.38. The van der Waals surface area contributed by atoms with E-state index in [1.165, 1.54) is 0 Å². The van der Waals surface area contributed by atoms with Crippen LogP contribution in [0.25, 0.3) is 11.0 Å². The molecule has 5 nitrogen and oxygen atoms in total. The zero-order valence-electron chi connectivity index (χ0n) is 11.0. The molecule has 19 heavy (non-hydrogen) atoms. The minimum Gasteiger partial charge on any atom is -0.478 e. The van der Waals surface area contributed by atoms with Crippen molar-refractivity contribution in [3.63, 3.8) is 0 Å². The van der Waals surface area contributed by atoms with Gasteiger partial charge in [0.2, 0.25) is 0 Å². The summed E-state index contributed by atoms with van der Waals surface area (Å²) in [6, 6.07) is 5.15. The normalized spacial score (nSPS) is 11.0. The fraction of sp³-hybridized carbons (Fsp3) is 0.429. The third-order valence-electron chi connectivity index (χ3n) is 2.90. The highest BCUT2D eigenvalue weighted by Gasteiger charge is 2.12. The topological polar surface area (TPSA) is 64.4 Å². The summed E-state index contributed by atoms with van der Waals surface area (Å²) in [5.74, 6) is -0.922. The predicted octanol–water partition coefficient (Wildman–Crippen LogP) is 2.55. The predicted molar refractivity (Wildman–Crippen MR) is 72.4 cm³/mol. The lowest BCUT2D eigenvalue weighted by atomic mass is 10.2. The standard InChI is InChI=1S/C14H18N2O3/c1-2-8-19-9-4-7-16-10-15-12-6-3-5-11(13(12)16)14(17)18/h3,5-6,10H,2,4,7-9H2,1H3,(H,17,18). The maximum Gasteiger partial charge on any atom is 0.337 e. The van der Waals surface area contributed by atoms with E-state index in [9.17, 15) is 9.90 Å². The van der Waals surface area contributed by atoms with Gasteiger partial charge in [-0.05, 0) is 25.0 Å². The molecule has 102 valence electrons. The van der Waals surface area contributed by atoms with E-state index >= 15 is 0 Å². The van der Waals surface area contributed by atoms with Gasteiger partial charge in [0.1, 0.15) is 0 Å². The number of benzene rings is 1. The molecule has 0 bridgehead atoms. The molecular weight excluding hydrogens is 244 g/mol. The van der Waals surface area contributed by atoms with Crippen LogP contribution in [-0.4, -0.2) is 33.8 Å². The van der Waals surface area contributed by atoms with Crippen LogP contribution in [0.15, 0.2) is 24.5 Å². The minimum atomic E-state index is -0.922. The highest BCUT2D eigenvalue weighted by atomic mass is 16.5. The summed E-state index contributed by atoms with van der Waals surface area (Å²) in [6.07, 6.45) is 3.55. The van der Waals surface area contributed by atoms with E-state index < -0.39 is 5.97 Å². The molecule has 0 radical (unpaired) electrons. The number of fused-ring (bicyclic) bond motifs is 1. The van der Waals surface area contributed by atoms with Crippen molar-refractivity contribution in [2.24, 2.45) is 0 Å². The van der Waals surface area contributed by atoms with Crippen molar-refractivity contribution in [1.29, 1.82) is 0 Å². The van der Waals surface area contributed by atoms with Crippen LogP contribution in [0.4, 0.5) is 0 Å². The number of carboxylic acids is 1. The smallest absolute Gasteiger partial charge is 0.337 e. The molecule has 0 amide bonds. The number of carbonyl (C=O) groups is 1. The minimum absolute atomic E-state index is 0.296. The SMILES string of the molecule is CCCOCCCn1cnc2cccc(C(=O)O)c21. The van der Waals surface area contributed by atoms with E-state index in [0.717, 1.165) is 25.0 Å². The average molecular weight is 262 g/mol. The van der Waals surface area contributed by atoms with E-state index in [1.807, 2.05) is 10.6 Å². The third kappa shape index (κ3) is 3.12. The summed E-state index contributed by atoms with van der Waals surface area (Å²) in [5.41, 5.74) is 1.70. The van der Waals surface area contributed by atoms with Crippen molar-refractivity contribution in [3.05, 3.63) is 30.1 Å². The Morgan fingerprint density at radius 1 is 1.42 bits per heavy atom. The van der Waals surface area contributed by atoms with Gasteiger partial charge < -0.3 is 14.4 Å². The number of hydrogen-bond donors (Lipinski definition) is 1. The summed E-state index contributed by atoms with van der Waals surface area (Å²) in [4.78, 5) is 15.5. The first-order valence-corrected chi connectivity index (χ1v) is 6.49. The summed E-state index contributed by atoms with van der Waals surface area (Å²) in [5, 5.41) is 9.20. The van der Waals surface area contributed by atoms with Crippen LogP contribution >= 0.6 is 0 Å². The van der Waals surface area contributed by atoms with Crippen molar-refractivity contribution in [2.45, 2.75) is 26.3 Å². The average Bonchev–Trinajstić information content (AvgIpc) is 2.81. The first-order chi connectivity index (χ1) is 9.24. The summed E-state index contributed by atoms with van der Waals surface area (Å²) < 4.78 is 7.30. The molecule has 0 unspecified atom stereocenters. The van der Waals surface area contributed by atoms with Crippen LogP contribution in [0, 0.1) is 0 Å². The molecule has 0 aliphatic heterocycles. The molecule has 1 heterocycles. The third-order valence-corrected chi connectivity index (χ3v) is 2.90. The van der Waals surface area contributed by atoms with E-state index in [1.54, 1.807) is 18.5 Å². The number of aromatic carboxylic acids is 1. The van der Waals surface area contributed by atoms with Gasteiger partial charge in [-0.15, -0.1) is 0 Å². The Labute approximate surface area is 111 Å². The molecule has 1 aromatic heterocycles. The van der Waals surface area contributed by atoms with Gasteiger partial charge >= 0.3 is 5.97 Å². The molecule has 0 atom stereocenters. The molecule has 0 saturated heterocycles. The second kappa shape index (κ2) is 6.33. The number of carboxylic acid groups (broad SMARTS) is 1. The van der Waals surface area contributed by atoms with Gasteiger partial charge in [0, 0.05) is 19.8 Å². The molecule has 0 fully saturated rings. The first-order valence-electron chi connectivity index (χ1n) is 6.49. The van der Waals surface area contributed by atoms with E-state index in [0.29, 0.717) is 24.2 Å². The Morgan fingerprint density at radius 2 is 2.26 bits per heavy atom. The maximum absolute atomic E-state index is 11.2. The van der Waals surface area contributed by atoms with Crippen LogP contribution in [0.2, 0.25) is 0 Å². The number of rotatable bonds is 7. The van der Waals surface area contributed by atoms with Crippen molar-refractivity contribution >= 4 is 17.0 Å². The van der Waals surface area contributed by atoms with E-state index in [2.05, 4.69) is 11.9 Å². The Kier molecular flexibility index (Phi) is 4.52. The number of aryl methyl sites for hydroxylation is 1. The summed E-state index contributed by atoms with van der Waals surface area (Å²) in [7, 11) is 0. The van der Waals surface area contributed by atoms with Gasteiger partial charge in [-0.1, -0.05) is 13.0 Å². The Hall–Kier alpha value is -1.88. The number of aromatic nitrogens is 2. The fourth-order valence-electron chi connectivity index (χ4n) is 2.05. The largest absolute Gasteiger partial charge is 0.478 e. The zero-order chi connectivity index (χ0) is 13.7. The lowest BCUT2D eigenvalue weighted by molar-refractivity contribution is 0.0698. The number of para-hydroxylation sites is 1. The number of hydrogen-bond acceptors (Lipinski definition) is 3. The van der Waals surface area contributed by atoms with E-state index in [4.69, 9.17) is 4.74 Å². The van der Waals surface area contributed by atoms with Crippen molar-refractivity contribution in [2.75, 3.05) is 13.2 Å². The molecule has 0 saturated carbocycles. The van der Waals surface area contributed by atoms with E-state index in [-0.39, 0.29) is 0 Å². The highest BCUT2D eigenvalue weighted by molar-refractivity contribution is 6.01. The van der Waals surface area contributed by atoms with Crippen LogP contribution in [-0.2, 0) is 11.3 Å². The lowest BCUT2D eigenvalue weighted by Crippen LogP contribution is -2.05. The van der Waals surface area contributed by atoms with Gasteiger partial charge in [-0.25, -0.2) is 9.78 Å². The molecule has 2 aromatic rings. The second-order valence-corrected chi connectivity index (χ2v) is 4.38. The summed E-state index contributed by atoms with van der Waals surface area (Å²) in [6.45, 7) is 4.24. The van der Waals surface area contributed by atoms with Crippen LogP contribution in [0.1, 0.15) is 30.1 Å². The fourth-order valence-corrected chi connectivity index (χ4v) is 2.05. The van der Waals surface area contributed by atoms with Crippen molar-refractivity contribution < 1.29 is 14.6 Å². The lowest BCUT2D eigenvalue weighted by Gasteiger charge is -2.06. The van der Waals surface area contributed by atoms with Gasteiger partial charge in [0.05, 0.1) is 22.9 Å². The maximum atomic E-state index is 11.2. The van der Waals surface area contributed by atoms with Crippen molar-refractivity contribution in [1.82, 2.24) is 9.55 Å². The highest BCUT2D eigenvalue weighted by Crippen LogP contribution is 2.18. The Balaban J connectivity index is 2.12. The molecule has 0 spiro atoms. The number of nitrogens with zero attached hydrogens (tertiary/aromatic N) is 2. The van der Waals surface area contributed by atoms with Crippen LogP contribution in [0.5, 0.6) is 0 Å². The van der Waals surface area contributed by atoms with Crippen LogP contribution in [0.3, 0.4) is 0 Å². The molecule has 1 aromatic carbocycles. The Bertz CT molecular complexity index is 563. The molecule has 1 N–H and O–H groups in total. The quantitative estimate of drug-likeness (QED) is 0.779. The molecule has 2 rings (SSSR count). The van der Waals surface area contributed by atoms with Crippen LogP contribution < -0.4 is 0 Å². The first kappa shape index (κ1) is 13.5. The molecule has 0 aliphatic rings. The summed E-state index contributed by atoms with van der Waals surface area (Å²) >= 11 is 0. The van der Waals surface area contributed by atoms with Gasteiger partial charge in [0.25, 0.3) is 0 Å². The molecule has 0 aliphatic carbocycles. The molecular formula is C14H18N2O3. The number of imidazole rings is 1. The Morgan fingerprint density at radius 3 is 3.00 bits per heavy atom. The van der Waals surface area contributed by atoms with Gasteiger partial charge in [-0.2, -0.15) is 0 Å². The number of ether oxygens (including phenoxy) is 1. The van der Waals surface area contributed by atoms with Gasteiger partial charge in [-0.3, -0.25) is 0 Å². The van der Waals surface area contributed by atoms with Crippen molar-refractivity contribution in [3.8, 4) is 0 Å². The zero-order valence-corrected chi connectivity index (χ0v) is 11.0. The van der Waals surface area contributed by atoms with Gasteiger partial charge in [0.15, 0.2) is 0 Å². The molecule has 5 heteroatoms. The monoisotopic (exact) mass is 262 g/mol.